The molecule has 0 bridgehead atoms. The van der Waals surface area contributed by atoms with E-state index in [-0.39, 0.29) is 18.3 Å². The number of carbonyl (C=O) groups excluding carboxylic acids is 2. The van der Waals surface area contributed by atoms with Gasteiger partial charge in [-0.15, -0.1) is 0 Å². The van der Waals surface area contributed by atoms with E-state index in [4.69, 9.17) is 16.3 Å². The van der Waals surface area contributed by atoms with Crippen molar-refractivity contribution in [1.29, 1.82) is 0 Å². The highest BCUT2D eigenvalue weighted by Gasteiger charge is 2.23. The third kappa shape index (κ3) is 4.10. The van der Waals surface area contributed by atoms with Gasteiger partial charge in [-0.1, -0.05) is 11.6 Å². The lowest BCUT2D eigenvalue weighted by Crippen LogP contribution is -2.48. The highest BCUT2D eigenvalue weighted by Crippen LogP contribution is 2.27. The maximum Gasteiger partial charge on any atom is 0.317 e. The van der Waals surface area contributed by atoms with Crippen LogP contribution in [0.25, 0.3) is 0 Å². The number of aryl methyl sites for hydroxylation is 1. The molecular weight excluding hydrogens is 380 g/mol. The summed E-state index contributed by atoms with van der Waals surface area (Å²) in [5.74, 6) is -0.00346. The topological polar surface area (TPSA) is 74.8 Å². The monoisotopic (exact) mass is 400 g/mol. The summed E-state index contributed by atoms with van der Waals surface area (Å²) in [5, 5.41) is 3.60. The van der Waals surface area contributed by atoms with Gasteiger partial charge in [0.2, 0.25) is 5.91 Å². The SMILES string of the molecule is Cc1cc(N2CCN(CC(=O)Nc3cnc4c(c3)OC(=O)C4)CC2)ccc1Cl. The first-order valence-corrected chi connectivity index (χ1v) is 9.58. The predicted octanol–water partition coefficient (Wildman–Crippen LogP) is 2.27. The van der Waals surface area contributed by atoms with Gasteiger partial charge in [0.1, 0.15) is 0 Å². The quantitative estimate of drug-likeness (QED) is 0.793. The molecule has 0 saturated carbocycles. The third-order valence-corrected chi connectivity index (χ3v) is 5.42. The first kappa shape index (κ1) is 18.7. The molecule has 1 aromatic heterocycles. The number of nitrogens with one attached hydrogen (secondary N) is 1. The van der Waals surface area contributed by atoms with Crippen LogP contribution in [-0.2, 0) is 16.0 Å². The van der Waals surface area contributed by atoms with Gasteiger partial charge in [0, 0.05) is 43.0 Å². The van der Waals surface area contributed by atoms with Crippen LogP contribution < -0.4 is 15.0 Å². The minimum absolute atomic E-state index is 0.109. The minimum atomic E-state index is -0.320. The molecular formula is C20H21ClN4O3. The predicted molar refractivity (Wildman–Crippen MR) is 107 cm³/mol. The van der Waals surface area contributed by atoms with Crippen LogP contribution in [0.3, 0.4) is 0 Å². The molecule has 0 aliphatic carbocycles. The summed E-state index contributed by atoms with van der Waals surface area (Å²) in [6.07, 6.45) is 1.74. The van der Waals surface area contributed by atoms with Gasteiger partial charge in [-0.05, 0) is 30.7 Å². The Balaban J connectivity index is 1.29. The number of amides is 1. The van der Waals surface area contributed by atoms with Crippen molar-refractivity contribution in [2.75, 3.05) is 42.9 Å². The molecule has 0 atom stereocenters. The maximum atomic E-state index is 12.4. The van der Waals surface area contributed by atoms with Crippen molar-refractivity contribution in [3.05, 3.63) is 46.7 Å². The molecule has 2 aliphatic heterocycles. The fraction of sp³-hybridized carbons (Fsp3) is 0.350. The molecule has 0 radical (unpaired) electrons. The fourth-order valence-electron chi connectivity index (χ4n) is 3.45. The average molecular weight is 401 g/mol. The lowest BCUT2D eigenvalue weighted by molar-refractivity contribution is -0.131. The number of hydrogen-bond acceptors (Lipinski definition) is 6. The molecule has 2 aromatic rings. The van der Waals surface area contributed by atoms with Gasteiger partial charge in [0.25, 0.3) is 0 Å². The number of esters is 1. The van der Waals surface area contributed by atoms with Crippen molar-refractivity contribution >= 4 is 34.9 Å². The van der Waals surface area contributed by atoms with Gasteiger partial charge in [0.15, 0.2) is 5.75 Å². The van der Waals surface area contributed by atoms with Crippen molar-refractivity contribution < 1.29 is 14.3 Å². The summed E-state index contributed by atoms with van der Waals surface area (Å²) in [4.78, 5) is 32.3. The summed E-state index contributed by atoms with van der Waals surface area (Å²) in [6.45, 7) is 5.62. The van der Waals surface area contributed by atoms with E-state index in [0.717, 1.165) is 42.5 Å². The number of aromatic nitrogens is 1. The summed E-state index contributed by atoms with van der Waals surface area (Å²) in [7, 11) is 0. The molecule has 1 amide bonds. The molecule has 0 spiro atoms. The van der Waals surface area contributed by atoms with E-state index >= 15 is 0 Å². The first-order valence-electron chi connectivity index (χ1n) is 9.21. The number of fused-ring (bicyclic) bond motifs is 1. The van der Waals surface area contributed by atoms with Crippen LogP contribution >= 0.6 is 11.6 Å². The maximum absolute atomic E-state index is 12.4. The molecule has 1 N–H and O–H groups in total. The summed E-state index contributed by atoms with van der Waals surface area (Å²) >= 11 is 6.10. The Morgan fingerprint density at radius 1 is 1.25 bits per heavy atom. The second-order valence-corrected chi connectivity index (χ2v) is 7.47. The van der Waals surface area contributed by atoms with E-state index in [2.05, 4.69) is 26.2 Å². The van der Waals surface area contributed by atoms with Gasteiger partial charge in [-0.3, -0.25) is 19.5 Å². The minimum Gasteiger partial charge on any atom is -0.424 e. The average Bonchev–Trinajstić information content (AvgIpc) is 3.04. The van der Waals surface area contributed by atoms with Crippen LogP contribution in [0.15, 0.2) is 30.5 Å². The van der Waals surface area contributed by atoms with Crippen molar-refractivity contribution in [2.24, 2.45) is 0 Å². The van der Waals surface area contributed by atoms with Crippen LogP contribution in [0.4, 0.5) is 11.4 Å². The number of anilines is 2. The Hall–Kier alpha value is -2.64. The number of halogens is 1. The Kier molecular flexibility index (Phi) is 5.19. The zero-order valence-electron chi connectivity index (χ0n) is 15.6. The zero-order chi connectivity index (χ0) is 19.7. The Morgan fingerprint density at radius 3 is 2.79 bits per heavy atom. The Bertz CT molecular complexity index is 926. The van der Waals surface area contributed by atoms with Crippen molar-refractivity contribution in [3.8, 4) is 5.75 Å². The molecule has 0 unspecified atom stereocenters. The lowest BCUT2D eigenvalue weighted by atomic mass is 10.2. The zero-order valence-corrected chi connectivity index (χ0v) is 16.3. The molecule has 3 heterocycles. The highest BCUT2D eigenvalue weighted by atomic mass is 35.5. The number of ether oxygens (including phenoxy) is 1. The number of rotatable bonds is 4. The van der Waals surface area contributed by atoms with E-state index in [9.17, 15) is 9.59 Å². The largest absolute Gasteiger partial charge is 0.424 e. The smallest absolute Gasteiger partial charge is 0.317 e. The lowest BCUT2D eigenvalue weighted by Gasteiger charge is -2.35. The number of carbonyl (C=O) groups is 2. The molecule has 28 heavy (non-hydrogen) atoms. The first-order chi connectivity index (χ1) is 13.5. The van der Waals surface area contributed by atoms with E-state index in [0.29, 0.717) is 23.7 Å². The van der Waals surface area contributed by atoms with Gasteiger partial charge in [-0.25, -0.2) is 0 Å². The van der Waals surface area contributed by atoms with Crippen molar-refractivity contribution in [3.63, 3.8) is 0 Å². The summed E-state index contributed by atoms with van der Waals surface area (Å²) in [6, 6.07) is 7.70. The Labute approximate surface area is 168 Å². The fourth-order valence-corrected chi connectivity index (χ4v) is 3.57. The molecule has 4 rings (SSSR count). The number of nitrogens with zero attached hydrogens (tertiary/aromatic N) is 3. The van der Waals surface area contributed by atoms with Gasteiger partial charge in [-0.2, -0.15) is 0 Å². The summed E-state index contributed by atoms with van der Waals surface area (Å²) in [5.41, 5.74) is 3.37. The van der Waals surface area contributed by atoms with Crippen LogP contribution in [0.1, 0.15) is 11.3 Å². The van der Waals surface area contributed by atoms with Crippen LogP contribution in [-0.4, -0.2) is 54.5 Å². The van der Waals surface area contributed by atoms with E-state index < -0.39 is 0 Å². The van der Waals surface area contributed by atoms with E-state index in [1.165, 1.54) is 0 Å². The normalized spacial score (nSPS) is 16.6. The number of hydrogen-bond donors (Lipinski definition) is 1. The van der Waals surface area contributed by atoms with Crippen LogP contribution in [0.2, 0.25) is 5.02 Å². The van der Waals surface area contributed by atoms with Crippen LogP contribution in [0, 0.1) is 6.92 Å². The van der Waals surface area contributed by atoms with E-state index in [1.807, 2.05) is 19.1 Å². The molecule has 7 nitrogen and oxygen atoms in total. The molecule has 8 heteroatoms. The molecule has 1 saturated heterocycles. The van der Waals surface area contributed by atoms with Crippen molar-refractivity contribution in [1.82, 2.24) is 9.88 Å². The summed E-state index contributed by atoms with van der Waals surface area (Å²) < 4.78 is 5.07. The molecule has 1 aromatic carbocycles. The van der Waals surface area contributed by atoms with E-state index in [1.54, 1.807) is 12.3 Å². The number of pyridine rings is 1. The van der Waals surface area contributed by atoms with Gasteiger partial charge < -0.3 is 15.0 Å². The highest BCUT2D eigenvalue weighted by molar-refractivity contribution is 6.31. The molecule has 2 aliphatic rings. The Morgan fingerprint density at radius 2 is 2.04 bits per heavy atom. The third-order valence-electron chi connectivity index (χ3n) is 5.00. The van der Waals surface area contributed by atoms with Gasteiger partial charge >= 0.3 is 5.97 Å². The van der Waals surface area contributed by atoms with Crippen molar-refractivity contribution in [2.45, 2.75) is 13.3 Å². The number of benzene rings is 1. The van der Waals surface area contributed by atoms with Gasteiger partial charge in [0.05, 0.1) is 30.5 Å². The second-order valence-electron chi connectivity index (χ2n) is 7.06. The molecule has 1 fully saturated rings. The van der Waals surface area contributed by atoms with Crippen LogP contribution in [0.5, 0.6) is 5.75 Å². The second kappa shape index (κ2) is 7.77. The standard InChI is InChI=1S/C20H21ClN4O3/c1-13-8-15(2-3-16(13)21)25-6-4-24(5-7-25)12-19(26)23-14-9-18-17(22-11-14)10-20(27)28-18/h2-3,8-9,11H,4-7,10,12H2,1H3,(H,23,26). The molecule has 146 valence electrons. The number of piperazine rings is 1.